The molecule has 3 rings (SSSR count). The van der Waals surface area contributed by atoms with Crippen molar-refractivity contribution in [2.45, 2.75) is 37.1 Å². The third-order valence-corrected chi connectivity index (χ3v) is 8.65. The molecule has 10 heteroatoms. The molecule has 1 saturated heterocycles. The van der Waals surface area contributed by atoms with Crippen LogP contribution in [0.1, 0.15) is 24.0 Å². The molecule has 1 aliphatic rings. The number of hydrogen-bond donors (Lipinski definition) is 1. The first kappa shape index (κ1) is 23.2. The highest BCUT2D eigenvalue weighted by atomic mass is 32.2. The second kappa shape index (κ2) is 9.37. The SMILES string of the molecule is COC(=O)[C@H](Cc1ccccc1)NS(=O)(=O)c1cc(N2CCCCS2(=O)=O)ccc1C. The molecule has 0 bridgehead atoms. The van der Waals surface area contributed by atoms with Gasteiger partial charge in [-0.15, -0.1) is 0 Å². The molecule has 1 atom stereocenters. The van der Waals surface area contributed by atoms with Gasteiger partial charge in [0.25, 0.3) is 0 Å². The lowest BCUT2D eigenvalue weighted by molar-refractivity contribution is -0.142. The van der Waals surface area contributed by atoms with E-state index in [0.29, 0.717) is 30.6 Å². The van der Waals surface area contributed by atoms with Crippen molar-refractivity contribution in [2.75, 3.05) is 23.7 Å². The molecule has 1 fully saturated rings. The number of carbonyl (C=O) groups is 1. The Bertz CT molecular complexity index is 1150. The lowest BCUT2D eigenvalue weighted by atomic mass is 10.1. The maximum Gasteiger partial charge on any atom is 0.324 e. The van der Waals surface area contributed by atoms with Gasteiger partial charge in [0.1, 0.15) is 6.04 Å². The summed E-state index contributed by atoms with van der Waals surface area (Å²) >= 11 is 0. The van der Waals surface area contributed by atoms with E-state index >= 15 is 0 Å². The van der Waals surface area contributed by atoms with Gasteiger partial charge >= 0.3 is 5.97 Å². The fourth-order valence-corrected chi connectivity index (χ4v) is 6.61. The van der Waals surface area contributed by atoms with Gasteiger partial charge in [0.05, 0.1) is 23.4 Å². The summed E-state index contributed by atoms with van der Waals surface area (Å²) < 4.78 is 59.7. The number of carbonyl (C=O) groups excluding carboxylic acids is 1. The van der Waals surface area contributed by atoms with E-state index in [9.17, 15) is 21.6 Å². The van der Waals surface area contributed by atoms with Crippen LogP contribution >= 0.6 is 0 Å². The summed E-state index contributed by atoms with van der Waals surface area (Å²) in [4.78, 5) is 12.2. The standard InChI is InChI=1S/C21H26N2O6S2/c1-16-10-11-18(23-12-6-7-13-30(23,25)26)15-20(16)31(27,28)22-19(21(24)29-2)14-17-8-4-3-5-9-17/h3-5,8-11,15,19,22H,6-7,12-14H2,1-2H3/t19-/m0/s1. The number of methoxy groups -OCH3 is 1. The summed E-state index contributed by atoms with van der Waals surface area (Å²) in [6.07, 6.45) is 1.40. The highest BCUT2D eigenvalue weighted by Crippen LogP contribution is 2.28. The number of anilines is 1. The zero-order valence-electron chi connectivity index (χ0n) is 17.4. The molecule has 0 unspecified atom stereocenters. The summed E-state index contributed by atoms with van der Waals surface area (Å²) in [5, 5.41) is 0. The van der Waals surface area contributed by atoms with Crippen LogP contribution in [0.25, 0.3) is 0 Å². The maximum atomic E-state index is 13.2. The molecule has 8 nitrogen and oxygen atoms in total. The van der Waals surface area contributed by atoms with Crippen molar-refractivity contribution in [3.63, 3.8) is 0 Å². The number of benzene rings is 2. The Balaban J connectivity index is 1.93. The van der Waals surface area contributed by atoms with E-state index in [0.717, 1.165) is 5.56 Å². The molecular weight excluding hydrogens is 440 g/mol. The number of esters is 1. The van der Waals surface area contributed by atoms with Crippen LogP contribution in [-0.2, 0) is 36.0 Å². The van der Waals surface area contributed by atoms with Gasteiger partial charge in [0, 0.05) is 6.54 Å². The lowest BCUT2D eigenvalue weighted by Crippen LogP contribution is -2.43. The molecule has 0 saturated carbocycles. The molecule has 31 heavy (non-hydrogen) atoms. The van der Waals surface area contributed by atoms with Crippen molar-refractivity contribution >= 4 is 31.7 Å². The third-order valence-electron chi connectivity index (χ3n) is 5.16. The van der Waals surface area contributed by atoms with Crippen molar-refractivity contribution in [3.8, 4) is 0 Å². The number of nitrogens with one attached hydrogen (secondary N) is 1. The molecule has 1 heterocycles. The maximum absolute atomic E-state index is 13.2. The van der Waals surface area contributed by atoms with Crippen LogP contribution in [0.2, 0.25) is 0 Å². The van der Waals surface area contributed by atoms with Crippen LogP contribution in [-0.4, -0.2) is 48.3 Å². The average molecular weight is 467 g/mol. The first-order valence-corrected chi connectivity index (χ1v) is 13.0. The molecule has 0 aromatic heterocycles. The van der Waals surface area contributed by atoms with E-state index < -0.39 is 32.1 Å². The van der Waals surface area contributed by atoms with Crippen LogP contribution in [0.15, 0.2) is 53.4 Å². The molecule has 2 aromatic rings. The van der Waals surface area contributed by atoms with Crippen LogP contribution in [0, 0.1) is 6.92 Å². The van der Waals surface area contributed by atoms with E-state index in [4.69, 9.17) is 4.74 Å². The number of nitrogens with zero attached hydrogens (tertiary/aromatic N) is 1. The predicted octanol–water partition coefficient (Wildman–Crippen LogP) is 1.99. The van der Waals surface area contributed by atoms with Gasteiger partial charge < -0.3 is 4.74 Å². The average Bonchev–Trinajstić information content (AvgIpc) is 2.73. The molecule has 0 amide bonds. The van der Waals surface area contributed by atoms with Crippen LogP contribution < -0.4 is 9.03 Å². The van der Waals surface area contributed by atoms with Gasteiger partial charge in [0.15, 0.2) is 0 Å². The summed E-state index contributed by atoms with van der Waals surface area (Å²) in [5.74, 6) is -0.678. The Hall–Kier alpha value is -2.43. The minimum absolute atomic E-state index is 0.0305. The van der Waals surface area contributed by atoms with Crippen molar-refractivity contribution in [2.24, 2.45) is 0 Å². The van der Waals surface area contributed by atoms with Crippen LogP contribution in [0.5, 0.6) is 0 Å². The summed E-state index contributed by atoms with van der Waals surface area (Å²) in [5.41, 5.74) is 1.50. The monoisotopic (exact) mass is 466 g/mol. The van der Waals surface area contributed by atoms with Crippen molar-refractivity contribution in [3.05, 3.63) is 59.7 Å². The Morgan fingerprint density at radius 2 is 1.87 bits per heavy atom. The van der Waals surface area contributed by atoms with Crippen molar-refractivity contribution in [1.82, 2.24) is 4.72 Å². The van der Waals surface area contributed by atoms with E-state index in [-0.39, 0.29) is 17.1 Å². The van der Waals surface area contributed by atoms with E-state index in [2.05, 4.69) is 4.72 Å². The number of sulfonamides is 2. The topological polar surface area (TPSA) is 110 Å². The van der Waals surface area contributed by atoms with Gasteiger partial charge in [-0.25, -0.2) is 16.8 Å². The molecule has 0 spiro atoms. The van der Waals surface area contributed by atoms with Crippen LogP contribution in [0.3, 0.4) is 0 Å². The van der Waals surface area contributed by atoms with Crippen LogP contribution in [0.4, 0.5) is 5.69 Å². The van der Waals surface area contributed by atoms with E-state index in [1.807, 2.05) is 6.07 Å². The van der Waals surface area contributed by atoms with Gasteiger partial charge in [-0.3, -0.25) is 9.10 Å². The first-order chi connectivity index (χ1) is 14.6. The third kappa shape index (κ3) is 5.44. The Morgan fingerprint density at radius 3 is 2.52 bits per heavy atom. The Morgan fingerprint density at radius 1 is 1.16 bits per heavy atom. The quantitative estimate of drug-likeness (QED) is 0.625. The second-order valence-electron chi connectivity index (χ2n) is 7.43. The fourth-order valence-electron chi connectivity index (χ4n) is 3.53. The largest absolute Gasteiger partial charge is 0.468 e. The fraction of sp³-hybridized carbons (Fsp3) is 0.381. The number of ether oxygens (including phenoxy) is 1. The first-order valence-electron chi connectivity index (χ1n) is 9.89. The number of rotatable bonds is 7. The van der Waals surface area contributed by atoms with Gasteiger partial charge in [-0.1, -0.05) is 36.4 Å². The number of hydrogen-bond acceptors (Lipinski definition) is 6. The number of aryl methyl sites for hydroxylation is 1. The second-order valence-corrected chi connectivity index (χ2v) is 11.1. The predicted molar refractivity (Wildman–Crippen MR) is 118 cm³/mol. The van der Waals surface area contributed by atoms with Gasteiger partial charge in [-0.2, -0.15) is 4.72 Å². The molecule has 1 aliphatic heterocycles. The van der Waals surface area contributed by atoms with Gasteiger partial charge in [-0.05, 0) is 49.4 Å². The highest BCUT2D eigenvalue weighted by molar-refractivity contribution is 7.92. The van der Waals surface area contributed by atoms with Crippen molar-refractivity contribution in [1.29, 1.82) is 0 Å². The lowest BCUT2D eigenvalue weighted by Gasteiger charge is -2.29. The molecule has 2 aromatic carbocycles. The minimum atomic E-state index is -4.14. The normalized spacial score (nSPS) is 17.2. The summed E-state index contributed by atoms with van der Waals surface area (Å²) in [6, 6.07) is 12.4. The minimum Gasteiger partial charge on any atom is -0.468 e. The zero-order chi connectivity index (χ0) is 22.6. The molecule has 0 radical (unpaired) electrons. The summed E-state index contributed by atoms with van der Waals surface area (Å²) in [7, 11) is -6.43. The zero-order valence-corrected chi connectivity index (χ0v) is 19.1. The molecule has 1 N–H and O–H groups in total. The van der Waals surface area contributed by atoms with Crippen molar-refractivity contribution < 1.29 is 26.4 Å². The summed E-state index contributed by atoms with van der Waals surface area (Å²) in [6.45, 7) is 1.92. The van der Waals surface area contributed by atoms with Gasteiger partial charge in [0.2, 0.25) is 20.0 Å². The van der Waals surface area contributed by atoms with E-state index in [1.165, 1.54) is 17.5 Å². The Labute approximate surface area is 183 Å². The smallest absolute Gasteiger partial charge is 0.324 e. The molecular formula is C21H26N2O6S2. The Kier molecular flexibility index (Phi) is 7.03. The highest BCUT2D eigenvalue weighted by Gasteiger charge is 2.30. The molecule has 0 aliphatic carbocycles. The van der Waals surface area contributed by atoms with E-state index in [1.54, 1.807) is 43.3 Å². The molecule has 168 valence electrons.